The summed E-state index contributed by atoms with van der Waals surface area (Å²) >= 11 is 1.65. The van der Waals surface area contributed by atoms with Gasteiger partial charge in [0.25, 0.3) is 0 Å². The summed E-state index contributed by atoms with van der Waals surface area (Å²) in [6.45, 7) is 2.26. The third kappa shape index (κ3) is 3.78. The van der Waals surface area contributed by atoms with Gasteiger partial charge in [-0.2, -0.15) is 0 Å². The Labute approximate surface area is 179 Å². The highest BCUT2D eigenvalue weighted by molar-refractivity contribution is 7.17. The zero-order valence-corrected chi connectivity index (χ0v) is 17.4. The molecule has 0 spiro atoms. The summed E-state index contributed by atoms with van der Waals surface area (Å²) in [4.78, 5) is 22.5. The summed E-state index contributed by atoms with van der Waals surface area (Å²) in [6, 6.07) is 19.0. The molecule has 0 unspecified atom stereocenters. The summed E-state index contributed by atoms with van der Waals surface area (Å²) in [5, 5.41) is 5.52. The molecule has 0 bridgehead atoms. The lowest BCUT2D eigenvalue weighted by Crippen LogP contribution is -2.23. The molecule has 5 nitrogen and oxygen atoms in total. The second-order valence-electron chi connectivity index (χ2n) is 7.48. The molecule has 2 aromatic heterocycles. The first-order chi connectivity index (χ1) is 14.8. The molecule has 1 N–H and O–H groups in total. The van der Waals surface area contributed by atoms with Crippen LogP contribution in [-0.2, 0) is 17.9 Å². The monoisotopic (exact) mass is 414 g/mol. The number of rotatable bonds is 6. The van der Waals surface area contributed by atoms with E-state index in [-0.39, 0.29) is 5.91 Å². The van der Waals surface area contributed by atoms with Crippen molar-refractivity contribution in [1.82, 2.24) is 14.9 Å². The van der Waals surface area contributed by atoms with E-state index in [1.54, 1.807) is 17.7 Å². The normalized spacial score (nSPS) is 13.9. The summed E-state index contributed by atoms with van der Waals surface area (Å²) in [5.41, 5.74) is 5.73. The fraction of sp³-hybridized carbons (Fsp3) is 0.208. The second kappa shape index (κ2) is 8.24. The quantitative estimate of drug-likeness (QED) is 0.477. The fourth-order valence-electron chi connectivity index (χ4n) is 3.93. The van der Waals surface area contributed by atoms with Crippen LogP contribution in [0.4, 0.5) is 5.82 Å². The van der Waals surface area contributed by atoms with E-state index >= 15 is 0 Å². The molecular weight excluding hydrogens is 392 g/mol. The second-order valence-corrected chi connectivity index (χ2v) is 8.40. The molecule has 1 aliphatic rings. The van der Waals surface area contributed by atoms with Crippen LogP contribution >= 0.6 is 11.3 Å². The molecule has 0 radical (unpaired) electrons. The van der Waals surface area contributed by atoms with Gasteiger partial charge in [-0.1, -0.05) is 48.5 Å². The molecule has 4 aromatic rings. The standard InChI is InChI=1S/C24H22N4OS/c29-22-6-3-12-28(22)15-17-7-9-18(10-8-17)20-5-2-1-4-19(20)14-25-24-23-21(11-13-30-23)26-16-27-24/h1-2,4-5,7-11,13,16H,3,6,12,14-15H2,(H,25,26,27). The molecule has 2 aromatic carbocycles. The zero-order valence-electron chi connectivity index (χ0n) is 16.5. The topological polar surface area (TPSA) is 58.1 Å². The van der Waals surface area contributed by atoms with Crippen molar-refractivity contribution in [2.45, 2.75) is 25.9 Å². The summed E-state index contributed by atoms with van der Waals surface area (Å²) in [7, 11) is 0. The van der Waals surface area contributed by atoms with Crippen molar-refractivity contribution >= 4 is 33.3 Å². The number of carbonyl (C=O) groups excluding carboxylic acids is 1. The maximum absolute atomic E-state index is 11.9. The Morgan fingerprint density at radius 1 is 1.03 bits per heavy atom. The number of hydrogen-bond acceptors (Lipinski definition) is 5. The summed E-state index contributed by atoms with van der Waals surface area (Å²) in [6.07, 6.45) is 3.26. The first-order valence-corrected chi connectivity index (χ1v) is 11.0. The molecule has 1 saturated heterocycles. The molecule has 3 heterocycles. The zero-order chi connectivity index (χ0) is 20.3. The SMILES string of the molecule is O=C1CCCN1Cc1ccc(-c2ccccc2CNc2ncnc3ccsc23)cc1. The number of carbonyl (C=O) groups is 1. The largest absolute Gasteiger partial charge is 0.365 e. The Morgan fingerprint density at radius 3 is 2.73 bits per heavy atom. The lowest BCUT2D eigenvalue weighted by molar-refractivity contribution is -0.128. The van der Waals surface area contributed by atoms with Gasteiger partial charge in [0.2, 0.25) is 5.91 Å². The number of anilines is 1. The Morgan fingerprint density at radius 2 is 1.90 bits per heavy atom. The van der Waals surface area contributed by atoms with Crippen molar-refractivity contribution in [2.75, 3.05) is 11.9 Å². The van der Waals surface area contributed by atoms with Crippen LogP contribution in [0.25, 0.3) is 21.3 Å². The van der Waals surface area contributed by atoms with Gasteiger partial charge in [-0.25, -0.2) is 9.97 Å². The predicted octanol–water partition coefficient (Wildman–Crippen LogP) is 5.09. The Balaban J connectivity index is 1.34. The Hall–Kier alpha value is -3.25. The molecule has 6 heteroatoms. The van der Waals surface area contributed by atoms with E-state index in [0.717, 1.165) is 29.0 Å². The number of likely N-dealkylation sites (tertiary alicyclic amines) is 1. The number of aromatic nitrogens is 2. The van der Waals surface area contributed by atoms with E-state index in [1.807, 2.05) is 16.3 Å². The lowest BCUT2D eigenvalue weighted by Gasteiger charge is -2.16. The number of nitrogens with zero attached hydrogens (tertiary/aromatic N) is 3. The van der Waals surface area contributed by atoms with E-state index in [4.69, 9.17) is 0 Å². The molecule has 0 atom stereocenters. The van der Waals surface area contributed by atoms with Crippen molar-refractivity contribution in [3.8, 4) is 11.1 Å². The molecule has 1 fully saturated rings. The van der Waals surface area contributed by atoms with E-state index < -0.39 is 0 Å². The lowest BCUT2D eigenvalue weighted by atomic mass is 9.98. The molecule has 1 aliphatic heterocycles. The van der Waals surface area contributed by atoms with E-state index in [1.165, 1.54) is 22.3 Å². The van der Waals surface area contributed by atoms with Crippen LogP contribution in [-0.4, -0.2) is 27.3 Å². The fourth-order valence-corrected chi connectivity index (χ4v) is 4.74. The minimum Gasteiger partial charge on any atom is -0.365 e. The highest BCUT2D eigenvalue weighted by Crippen LogP contribution is 2.28. The van der Waals surface area contributed by atoms with Gasteiger partial charge in [0.05, 0.1) is 10.2 Å². The molecular formula is C24H22N4OS. The maximum atomic E-state index is 11.9. The van der Waals surface area contributed by atoms with E-state index in [2.05, 4.69) is 63.8 Å². The van der Waals surface area contributed by atoms with Crippen molar-refractivity contribution in [1.29, 1.82) is 0 Å². The van der Waals surface area contributed by atoms with Crippen molar-refractivity contribution in [2.24, 2.45) is 0 Å². The van der Waals surface area contributed by atoms with Crippen LogP contribution in [0.5, 0.6) is 0 Å². The van der Waals surface area contributed by atoms with Crippen molar-refractivity contribution in [3.63, 3.8) is 0 Å². The maximum Gasteiger partial charge on any atom is 0.222 e. The van der Waals surface area contributed by atoms with Crippen LogP contribution in [0.1, 0.15) is 24.0 Å². The van der Waals surface area contributed by atoms with Crippen molar-refractivity contribution in [3.05, 3.63) is 77.4 Å². The number of fused-ring (bicyclic) bond motifs is 1. The van der Waals surface area contributed by atoms with E-state index in [0.29, 0.717) is 19.5 Å². The smallest absolute Gasteiger partial charge is 0.222 e. The van der Waals surface area contributed by atoms with Gasteiger partial charge in [-0.05, 0) is 40.1 Å². The van der Waals surface area contributed by atoms with Crippen LogP contribution in [0.3, 0.4) is 0 Å². The van der Waals surface area contributed by atoms with Gasteiger partial charge in [-0.3, -0.25) is 4.79 Å². The molecule has 1 amide bonds. The van der Waals surface area contributed by atoms with Crippen LogP contribution in [0.15, 0.2) is 66.3 Å². The highest BCUT2D eigenvalue weighted by atomic mass is 32.1. The first-order valence-electron chi connectivity index (χ1n) is 10.1. The van der Waals surface area contributed by atoms with Gasteiger partial charge in [0, 0.05) is 26.1 Å². The third-order valence-electron chi connectivity index (χ3n) is 5.52. The highest BCUT2D eigenvalue weighted by Gasteiger charge is 2.19. The minimum absolute atomic E-state index is 0.264. The van der Waals surface area contributed by atoms with Gasteiger partial charge >= 0.3 is 0 Å². The number of nitrogens with one attached hydrogen (secondary N) is 1. The van der Waals surface area contributed by atoms with E-state index in [9.17, 15) is 4.79 Å². The van der Waals surface area contributed by atoms with Crippen molar-refractivity contribution < 1.29 is 4.79 Å². The average Bonchev–Trinajstić information content (AvgIpc) is 3.42. The molecule has 5 rings (SSSR count). The molecule has 0 aliphatic carbocycles. The minimum atomic E-state index is 0.264. The average molecular weight is 415 g/mol. The van der Waals surface area contributed by atoms with Crippen LogP contribution < -0.4 is 5.32 Å². The van der Waals surface area contributed by atoms with Gasteiger partial charge in [0.15, 0.2) is 0 Å². The predicted molar refractivity (Wildman–Crippen MR) is 121 cm³/mol. The van der Waals surface area contributed by atoms with Crippen LogP contribution in [0.2, 0.25) is 0 Å². The Bertz CT molecular complexity index is 1190. The number of hydrogen-bond donors (Lipinski definition) is 1. The van der Waals surface area contributed by atoms with Crippen LogP contribution in [0, 0.1) is 0 Å². The third-order valence-corrected chi connectivity index (χ3v) is 6.43. The number of benzene rings is 2. The molecule has 30 heavy (non-hydrogen) atoms. The first kappa shape index (κ1) is 18.8. The van der Waals surface area contributed by atoms with Gasteiger partial charge < -0.3 is 10.2 Å². The molecule has 0 saturated carbocycles. The molecule has 150 valence electrons. The van der Waals surface area contributed by atoms with Gasteiger partial charge in [0.1, 0.15) is 12.1 Å². The summed E-state index contributed by atoms with van der Waals surface area (Å²) in [5.74, 6) is 1.13. The number of thiophene rings is 1. The summed E-state index contributed by atoms with van der Waals surface area (Å²) < 4.78 is 1.08. The number of amides is 1. The Kier molecular flexibility index (Phi) is 5.15. The van der Waals surface area contributed by atoms with Gasteiger partial charge in [-0.15, -0.1) is 11.3 Å².